The highest BCUT2D eigenvalue weighted by Gasteiger charge is 2.32. The van der Waals surface area contributed by atoms with Gasteiger partial charge < -0.3 is 13.7 Å². The summed E-state index contributed by atoms with van der Waals surface area (Å²) in [6.07, 6.45) is 0.253. The number of rotatable bonds is 4. The van der Waals surface area contributed by atoms with E-state index in [1.54, 1.807) is 39.8 Å². The molecule has 0 fully saturated rings. The lowest BCUT2D eigenvalue weighted by atomic mass is 10.1. The van der Waals surface area contributed by atoms with Crippen molar-refractivity contribution in [2.24, 2.45) is 4.40 Å². The number of nitrogens with zero attached hydrogens (tertiary/aromatic N) is 1. The summed E-state index contributed by atoms with van der Waals surface area (Å²) in [7, 11) is -4.54. The Bertz CT molecular complexity index is 882. The van der Waals surface area contributed by atoms with Crippen LogP contribution in [0.25, 0.3) is 6.08 Å². The predicted octanol–water partition coefficient (Wildman–Crippen LogP) is 2.05. The molecule has 2 rings (SSSR count). The molecule has 0 aromatic heterocycles. The number of fused-ring (bicyclic) bond motifs is 1. The maximum absolute atomic E-state index is 12.5. The average Bonchev–Trinajstić information content (AvgIpc) is 2.48. The lowest BCUT2D eigenvalue weighted by Crippen LogP contribution is -2.30. The number of ether oxygens (including phenoxy) is 2. The first-order valence-electron chi connectivity index (χ1n) is 7.86. The number of benzene rings is 1. The van der Waals surface area contributed by atoms with Crippen molar-refractivity contribution < 1.29 is 31.7 Å². The molecule has 0 unspecified atom stereocenters. The largest absolute Gasteiger partial charge is 0.459 e. The van der Waals surface area contributed by atoms with Crippen molar-refractivity contribution in [3.8, 4) is 5.75 Å². The van der Waals surface area contributed by atoms with Crippen molar-refractivity contribution in [3.63, 3.8) is 0 Å². The van der Waals surface area contributed by atoms with Gasteiger partial charge in [0.1, 0.15) is 0 Å². The van der Waals surface area contributed by atoms with E-state index < -0.39 is 40.2 Å². The van der Waals surface area contributed by atoms with Gasteiger partial charge in [-0.3, -0.25) is 0 Å². The van der Waals surface area contributed by atoms with Crippen LogP contribution in [-0.2, 0) is 29.4 Å². The van der Waals surface area contributed by atoms with Crippen molar-refractivity contribution in [2.75, 3.05) is 0 Å². The van der Waals surface area contributed by atoms with E-state index in [0.717, 1.165) is 0 Å². The van der Waals surface area contributed by atoms with Gasteiger partial charge in [0.25, 0.3) is 0 Å². The molecule has 1 heterocycles. The third kappa shape index (κ3) is 4.92. The minimum atomic E-state index is -4.54. The van der Waals surface area contributed by atoms with Gasteiger partial charge in [-0.05, 0) is 39.8 Å². The SMILES string of the molecule is CC(C)OC(=O)C1=C/c2ccccc2OS(=O)(=O)/N=C\1C(=O)OC(C)C. The van der Waals surface area contributed by atoms with Crippen LogP contribution in [0.15, 0.2) is 34.2 Å². The number of hydrogen-bond donors (Lipinski definition) is 0. The molecule has 8 nitrogen and oxygen atoms in total. The van der Waals surface area contributed by atoms with Gasteiger partial charge in [0.15, 0.2) is 11.5 Å². The Morgan fingerprint density at radius 2 is 1.58 bits per heavy atom. The maximum Gasteiger partial charge on any atom is 0.429 e. The molecular formula is C17H19NO7S. The molecule has 9 heteroatoms. The Hall–Kier alpha value is -2.68. The van der Waals surface area contributed by atoms with Gasteiger partial charge in [-0.1, -0.05) is 18.2 Å². The third-order valence-corrected chi connectivity index (χ3v) is 3.77. The van der Waals surface area contributed by atoms with Gasteiger partial charge in [0.05, 0.1) is 17.8 Å². The van der Waals surface area contributed by atoms with Crippen LogP contribution in [0.2, 0.25) is 0 Å². The molecule has 0 saturated carbocycles. The summed E-state index contributed by atoms with van der Waals surface area (Å²) in [5.74, 6) is -1.99. The summed E-state index contributed by atoms with van der Waals surface area (Å²) in [5.41, 5.74) is -0.751. The van der Waals surface area contributed by atoms with Crippen LogP contribution in [-0.4, -0.2) is 38.3 Å². The second kappa shape index (κ2) is 7.69. The monoisotopic (exact) mass is 381 g/mol. The van der Waals surface area contributed by atoms with Crippen molar-refractivity contribution in [1.82, 2.24) is 0 Å². The van der Waals surface area contributed by atoms with E-state index in [2.05, 4.69) is 4.40 Å². The third-order valence-electron chi connectivity index (χ3n) is 2.97. The highest BCUT2D eigenvalue weighted by Crippen LogP contribution is 2.26. The van der Waals surface area contributed by atoms with Crippen molar-refractivity contribution >= 4 is 34.0 Å². The van der Waals surface area contributed by atoms with Crippen LogP contribution in [0.1, 0.15) is 33.3 Å². The fraction of sp³-hybridized carbons (Fsp3) is 0.353. The van der Waals surface area contributed by atoms with Crippen LogP contribution in [0.4, 0.5) is 0 Å². The minimum Gasteiger partial charge on any atom is -0.459 e. The summed E-state index contributed by atoms with van der Waals surface area (Å²) in [4.78, 5) is 24.8. The predicted molar refractivity (Wildman–Crippen MR) is 93.9 cm³/mol. The molecule has 26 heavy (non-hydrogen) atoms. The van der Waals surface area contributed by atoms with E-state index in [1.165, 1.54) is 18.2 Å². The van der Waals surface area contributed by atoms with Gasteiger partial charge in [-0.25, -0.2) is 9.59 Å². The van der Waals surface area contributed by atoms with E-state index in [-0.39, 0.29) is 16.9 Å². The maximum atomic E-state index is 12.5. The van der Waals surface area contributed by atoms with Crippen molar-refractivity contribution in [3.05, 3.63) is 35.4 Å². The van der Waals surface area contributed by atoms with Crippen LogP contribution in [0.3, 0.4) is 0 Å². The van der Waals surface area contributed by atoms with Crippen molar-refractivity contribution in [2.45, 2.75) is 39.9 Å². The first-order chi connectivity index (χ1) is 12.1. The molecule has 0 aliphatic carbocycles. The number of carbonyl (C=O) groups is 2. The Morgan fingerprint density at radius 1 is 1.00 bits per heavy atom. The fourth-order valence-corrected chi connectivity index (χ4v) is 2.86. The van der Waals surface area contributed by atoms with Crippen LogP contribution in [0, 0.1) is 0 Å². The summed E-state index contributed by atoms with van der Waals surface area (Å²) in [6, 6.07) is 6.13. The molecule has 140 valence electrons. The first kappa shape index (κ1) is 19.6. The van der Waals surface area contributed by atoms with Crippen molar-refractivity contribution in [1.29, 1.82) is 0 Å². The van der Waals surface area contributed by atoms with Gasteiger partial charge in [0.2, 0.25) is 0 Å². The molecule has 0 saturated heterocycles. The second-order valence-corrected chi connectivity index (χ2v) is 7.16. The molecule has 0 spiro atoms. The van der Waals surface area contributed by atoms with Gasteiger partial charge in [-0.2, -0.15) is 8.42 Å². The van der Waals surface area contributed by atoms with E-state index >= 15 is 0 Å². The standard InChI is InChI=1S/C17H19NO7S/c1-10(2)23-16(19)13-9-12-7-5-6-8-14(12)25-26(21,22)18-15(13)17(20)24-11(3)4/h5-11H,1-4H3/b13-9+,18-15+. The van der Waals surface area contributed by atoms with Gasteiger partial charge in [-0.15, -0.1) is 4.40 Å². The summed E-state index contributed by atoms with van der Waals surface area (Å²) < 4.78 is 42.7. The highest BCUT2D eigenvalue weighted by molar-refractivity contribution is 7.86. The molecule has 0 amide bonds. The summed E-state index contributed by atoms with van der Waals surface area (Å²) in [6.45, 7) is 6.41. The number of esters is 2. The molecule has 1 aromatic carbocycles. The normalized spacial score (nSPS) is 19.8. The average molecular weight is 381 g/mol. The number of hydrogen-bond acceptors (Lipinski definition) is 7. The molecular weight excluding hydrogens is 362 g/mol. The summed E-state index contributed by atoms with van der Waals surface area (Å²) in [5, 5.41) is 0. The molecule has 0 radical (unpaired) electrons. The smallest absolute Gasteiger partial charge is 0.429 e. The van der Waals surface area contributed by atoms with E-state index in [9.17, 15) is 18.0 Å². The highest BCUT2D eigenvalue weighted by atomic mass is 32.2. The van der Waals surface area contributed by atoms with Gasteiger partial charge in [0, 0.05) is 5.56 Å². The zero-order chi connectivity index (χ0) is 19.5. The lowest BCUT2D eigenvalue weighted by Gasteiger charge is -2.17. The number of para-hydroxylation sites is 1. The Kier molecular flexibility index (Phi) is 5.81. The molecule has 1 aromatic rings. The first-order valence-corrected chi connectivity index (χ1v) is 9.23. The zero-order valence-electron chi connectivity index (χ0n) is 14.8. The van der Waals surface area contributed by atoms with E-state index in [1.807, 2.05) is 0 Å². The summed E-state index contributed by atoms with van der Waals surface area (Å²) >= 11 is 0. The molecule has 0 atom stereocenters. The minimum absolute atomic E-state index is 0.0256. The van der Waals surface area contributed by atoms with Crippen LogP contribution < -0.4 is 4.18 Å². The topological polar surface area (TPSA) is 108 Å². The van der Waals surface area contributed by atoms with E-state index in [4.69, 9.17) is 13.7 Å². The Labute approximate surface area is 151 Å². The zero-order valence-corrected chi connectivity index (χ0v) is 15.6. The Balaban J connectivity index is 2.68. The van der Waals surface area contributed by atoms with E-state index in [0.29, 0.717) is 0 Å². The number of carbonyl (C=O) groups excluding carboxylic acids is 2. The van der Waals surface area contributed by atoms with Crippen LogP contribution >= 0.6 is 0 Å². The van der Waals surface area contributed by atoms with Crippen LogP contribution in [0.5, 0.6) is 5.75 Å². The Morgan fingerprint density at radius 3 is 2.19 bits per heavy atom. The lowest BCUT2D eigenvalue weighted by molar-refractivity contribution is -0.143. The molecule has 1 aliphatic rings. The second-order valence-electron chi connectivity index (χ2n) is 5.95. The molecule has 0 bridgehead atoms. The fourth-order valence-electron chi connectivity index (χ4n) is 2.04. The molecule has 0 N–H and O–H groups in total. The molecule has 1 aliphatic heterocycles. The quantitative estimate of drug-likeness (QED) is 0.734. The van der Waals surface area contributed by atoms with Gasteiger partial charge >= 0.3 is 22.2 Å².